The predicted octanol–water partition coefficient (Wildman–Crippen LogP) is 3.73. The quantitative estimate of drug-likeness (QED) is 0.544. The van der Waals surface area contributed by atoms with Crippen molar-refractivity contribution in [3.8, 4) is 17.0 Å². The summed E-state index contributed by atoms with van der Waals surface area (Å²) >= 11 is 0. The SMILES string of the molecule is CC(C)CCNc1nc(-c2cc(F)c(OCC(=O)N3CCNCC3)c(F)c2)c2c(n1)C(F)(F)CC2. The summed E-state index contributed by atoms with van der Waals surface area (Å²) in [5.41, 5.74) is -0.187. The fourth-order valence-electron chi connectivity index (χ4n) is 4.19. The Morgan fingerprint density at radius 1 is 1.20 bits per heavy atom. The molecule has 2 N–H and O–H groups in total. The Labute approximate surface area is 201 Å². The van der Waals surface area contributed by atoms with Crippen LogP contribution in [0.4, 0.5) is 23.5 Å². The minimum Gasteiger partial charge on any atom is -0.478 e. The normalized spacial score (nSPS) is 16.9. The summed E-state index contributed by atoms with van der Waals surface area (Å²) in [4.78, 5) is 22.2. The first-order valence-electron chi connectivity index (χ1n) is 11.8. The lowest BCUT2D eigenvalue weighted by molar-refractivity contribution is -0.134. The summed E-state index contributed by atoms with van der Waals surface area (Å²) in [6, 6.07) is 1.98. The number of nitrogens with one attached hydrogen (secondary N) is 2. The van der Waals surface area contributed by atoms with Crippen molar-refractivity contribution in [2.75, 3.05) is 44.6 Å². The first-order valence-corrected chi connectivity index (χ1v) is 11.8. The van der Waals surface area contributed by atoms with Crippen molar-refractivity contribution in [3.63, 3.8) is 0 Å². The lowest BCUT2D eigenvalue weighted by Crippen LogP contribution is -2.48. The van der Waals surface area contributed by atoms with Crippen LogP contribution in [0.15, 0.2) is 12.1 Å². The number of aromatic nitrogens is 2. The number of alkyl halides is 2. The van der Waals surface area contributed by atoms with E-state index in [0.29, 0.717) is 38.6 Å². The van der Waals surface area contributed by atoms with Gasteiger partial charge in [0, 0.05) is 50.3 Å². The van der Waals surface area contributed by atoms with Crippen molar-refractivity contribution in [1.29, 1.82) is 0 Å². The number of hydrogen-bond donors (Lipinski definition) is 2. The molecule has 1 aromatic carbocycles. The Morgan fingerprint density at radius 2 is 1.89 bits per heavy atom. The van der Waals surface area contributed by atoms with E-state index in [1.54, 1.807) is 4.90 Å². The molecule has 0 spiro atoms. The van der Waals surface area contributed by atoms with Gasteiger partial charge in [-0.3, -0.25) is 4.79 Å². The largest absolute Gasteiger partial charge is 0.478 e. The van der Waals surface area contributed by atoms with Crippen LogP contribution in [-0.2, 0) is 17.1 Å². The van der Waals surface area contributed by atoms with E-state index in [9.17, 15) is 22.4 Å². The van der Waals surface area contributed by atoms with E-state index in [2.05, 4.69) is 20.6 Å². The standard InChI is InChI=1S/C24H29F4N5O2/c1-14(2)4-6-30-23-31-20(16-3-5-24(27,28)22(16)32-23)15-11-17(25)21(18(26)12-15)35-13-19(34)33-9-7-29-8-10-33/h11-12,14,29H,3-10,13H2,1-2H3,(H,30,31,32). The van der Waals surface area contributed by atoms with Gasteiger partial charge in [0.15, 0.2) is 24.0 Å². The first-order chi connectivity index (χ1) is 16.7. The zero-order chi connectivity index (χ0) is 25.2. The van der Waals surface area contributed by atoms with Gasteiger partial charge in [0.1, 0.15) is 5.69 Å². The molecule has 1 amide bonds. The molecule has 0 atom stereocenters. The van der Waals surface area contributed by atoms with Crippen LogP contribution in [-0.4, -0.2) is 60.1 Å². The number of amides is 1. The van der Waals surface area contributed by atoms with Crippen LogP contribution in [0.5, 0.6) is 5.75 Å². The number of hydrogen-bond acceptors (Lipinski definition) is 6. The van der Waals surface area contributed by atoms with Gasteiger partial charge in [-0.25, -0.2) is 18.7 Å². The van der Waals surface area contributed by atoms with E-state index in [0.717, 1.165) is 18.6 Å². The summed E-state index contributed by atoms with van der Waals surface area (Å²) in [6.45, 7) is 6.27. The predicted molar refractivity (Wildman–Crippen MR) is 122 cm³/mol. The highest BCUT2D eigenvalue weighted by molar-refractivity contribution is 5.78. The maximum absolute atomic E-state index is 14.9. The van der Waals surface area contributed by atoms with Gasteiger partial charge in [-0.15, -0.1) is 0 Å². The second kappa shape index (κ2) is 10.3. The minimum absolute atomic E-state index is 0.00374. The molecule has 7 nitrogen and oxygen atoms in total. The highest BCUT2D eigenvalue weighted by atomic mass is 19.3. The topological polar surface area (TPSA) is 79.4 Å². The summed E-state index contributed by atoms with van der Waals surface area (Å²) in [7, 11) is 0. The van der Waals surface area contributed by atoms with Gasteiger partial charge in [-0.05, 0) is 30.9 Å². The zero-order valence-electron chi connectivity index (χ0n) is 19.8. The Kier molecular flexibility index (Phi) is 7.44. The molecule has 0 bridgehead atoms. The van der Waals surface area contributed by atoms with Gasteiger partial charge >= 0.3 is 0 Å². The number of ether oxygens (including phenoxy) is 1. The molecule has 35 heavy (non-hydrogen) atoms. The van der Waals surface area contributed by atoms with E-state index in [1.807, 2.05) is 13.8 Å². The number of carbonyl (C=O) groups excluding carboxylic acids is 1. The maximum Gasteiger partial charge on any atom is 0.290 e. The average molecular weight is 496 g/mol. The lowest BCUT2D eigenvalue weighted by Gasteiger charge is -2.27. The van der Waals surface area contributed by atoms with Gasteiger partial charge < -0.3 is 20.3 Å². The van der Waals surface area contributed by atoms with Crippen molar-refractivity contribution < 1.29 is 27.1 Å². The van der Waals surface area contributed by atoms with Crippen molar-refractivity contribution in [1.82, 2.24) is 20.2 Å². The highest BCUT2D eigenvalue weighted by Gasteiger charge is 2.43. The molecule has 11 heteroatoms. The summed E-state index contributed by atoms with van der Waals surface area (Å²) in [5.74, 6) is -5.92. The number of nitrogens with zero attached hydrogens (tertiary/aromatic N) is 3. The fraction of sp³-hybridized carbons (Fsp3) is 0.542. The molecule has 1 aliphatic heterocycles. The van der Waals surface area contributed by atoms with E-state index < -0.39 is 42.0 Å². The van der Waals surface area contributed by atoms with Gasteiger partial charge in [0.2, 0.25) is 5.95 Å². The Bertz CT molecular complexity index is 1070. The molecule has 0 radical (unpaired) electrons. The van der Waals surface area contributed by atoms with Crippen molar-refractivity contribution in [2.45, 2.75) is 39.0 Å². The number of benzene rings is 1. The number of fused-ring (bicyclic) bond motifs is 1. The van der Waals surface area contributed by atoms with Gasteiger partial charge in [0.05, 0.1) is 5.69 Å². The van der Waals surface area contributed by atoms with Crippen LogP contribution in [0.25, 0.3) is 11.3 Å². The Morgan fingerprint density at radius 3 is 2.54 bits per heavy atom. The third-order valence-electron chi connectivity index (χ3n) is 6.13. The molecule has 2 aliphatic rings. The molecular formula is C24H29F4N5O2. The molecule has 0 saturated carbocycles. The minimum atomic E-state index is -3.15. The molecule has 1 fully saturated rings. The van der Waals surface area contributed by atoms with Gasteiger partial charge in [-0.2, -0.15) is 8.78 Å². The van der Waals surface area contributed by atoms with Crippen molar-refractivity contribution >= 4 is 11.9 Å². The van der Waals surface area contributed by atoms with Crippen molar-refractivity contribution in [3.05, 3.63) is 35.0 Å². The maximum atomic E-state index is 14.9. The van der Waals surface area contributed by atoms with Gasteiger partial charge in [0.25, 0.3) is 11.8 Å². The first kappa shape index (κ1) is 25.2. The smallest absolute Gasteiger partial charge is 0.290 e. The van der Waals surface area contributed by atoms with Crippen LogP contribution in [0.1, 0.15) is 37.9 Å². The van der Waals surface area contributed by atoms with Crippen LogP contribution in [0.3, 0.4) is 0 Å². The monoisotopic (exact) mass is 495 g/mol. The molecule has 1 aromatic heterocycles. The third kappa shape index (κ3) is 5.66. The lowest BCUT2D eigenvalue weighted by atomic mass is 10.0. The van der Waals surface area contributed by atoms with Gasteiger partial charge in [-0.1, -0.05) is 13.8 Å². The molecule has 0 unspecified atom stereocenters. The number of halogens is 4. The van der Waals surface area contributed by atoms with E-state index >= 15 is 0 Å². The highest BCUT2D eigenvalue weighted by Crippen LogP contribution is 2.44. The fourth-order valence-corrected chi connectivity index (χ4v) is 4.19. The second-order valence-electron chi connectivity index (χ2n) is 9.23. The van der Waals surface area contributed by atoms with Crippen LogP contribution < -0.4 is 15.4 Å². The Balaban J connectivity index is 1.59. The second-order valence-corrected chi connectivity index (χ2v) is 9.23. The van der Waals surface area contributed by atoms with E-state index in [1.165, 1.54) is 0 Å². The number of carbonyl (C=O) groups is 1. The summed E-state index contributed by atoms with van der Waals surface area (Å²) < 4.78 is 63.9. The van der Waals surface area contributed by atoms with Crippen LogP contribution >= 0.6 is 0 Å². The molecule has 2 heterocycles. The van der Waals surface area contributed by atoms with E-state index in [-0.39, 0.29) is 35.1 Å². The third-order valence-corrected chi connectivity index (χ3v) is 6.13. The summed E-state index contributed by atoms with van der Waals surface area (Å²) in [5, 5.41) is 6.05. The molecule has 190 valence electrons. The molecule has 2 aromatic rings. The van der Waals surface area contributed by atoms with Crippen LogP contribution in [0.2, 0.25) is 0 Å². The zero-order valence-corrected chi connectivity index (χ0v) is 19.8. The van der Waals surface area contributed by atoms with Crippen LogP contribution in [0, 0.1) is 17.6 Å². The number of rotatable bonds is 8. The summed E-state index contributed by atoms with van der Waals surface area (Å²) in [6.07, 6.45) is 0.318. The molecular weight excluding hydrogens is 466 g/mol. The Hall–Kier alpha value is -2.95. The average Bonchev–Trinajstić information content (AvgIpc) is 3.12. The number of anilines is 1. The van der Waals surface area contributed by atoms with Crippen molar-refractivity contribution in [2.24, 2.45) is 5.92 Å². The molecule has 4 rings (SSSR count). The molecule has 1 aliphatic carbocycles. The molecule has 1 saturated heterocycles. The number of piperazine rings is 1. The van der Waals surface area contributed by atoms with E-state index in [4.69, 9.17) is 4.74 Å².